The average Bonchev–Trinajstić information content (AvgIpc) is 3.26. The van der Waals surface area contributed by atoms with E-state index in [9.17, 15) is 4.79 Å². The van der Waals surface area contributed by atoms with Crippen LogP contribution in [-0.4, -0.2) is 24.5 Å². The minimum absolute atomic E-state index is 0.139. The lowest BCUT2D eigenvalue weighted by atomic mass is 10.2. The van der Waals surface area contributed by atoms with E-state index in [0.717, 1.165) is 15.4 Å². The lowest BCUT2D eigenvalue weighted by Gasteiger charge is -2.14. The summed E-state index contributed by atoms with van der Waals surface area (Å²) in [5, 5.41) is 5.54. The Balaban J connectivity index is 1.64. The van der Waals surface area contributed by atoms with E-state index in [1.165, 1.54) is 16.2 Å². The minimum Gasteiger partial charge on any atom is -0.374 e. The van der Waals surface area contributed by atoms with Crippen LogP contribution < -0.4 is 5.32 Å². The third-order valence-electron chi connectivity index (χ3n) is 3.57. The quantitative estimate of drug-likeness (QED) is 0.715. The van der Waals surface area contributed by atoms with Crippen molar-refractivity contribution in [2.45, 2.75) is 13.0 Å². The number of nitrogens with zero attached hydrogens (tertiary/aromatic N) is 1. The molecule has 0 fully saturated rings. The molecule has 1 N–H and O–H groups in total. The number of hydrogen-bond acceptors (Lipinski definition) is 5. The number of aryl methyl sites for hydroxylation is 1. The van der Waals surface area contributed by atoms with Gasteiger partial charge in [-0.1, -0.05) is 30.3 Å². The van der Waals surface area contributed by atoms with Gasteiger partial charge in [-0.3, -0.25) is 4.79 Å². The number of methoxy groups -OCH3 is 1. The minimum atomic E-state index is -0.177. The van der Waals surface area contributed by atoms with Crippen molar-refractivity contribution >= 4 is 28.6 Å². The molecule has 2 heterocycles. The predicted molar refractivity (Wildman–Crippen MR) is 98.7 cm³/mol. The van der Waals surface area contributed by atoms with E-state index in [1.807, 2.05) is 36.4 Å². The van der Waals surface area contributed by atoms with Crippen LogP contribution in [0, 0.1) is 6.92 Å². The van der Waals surface area contributed by atoms with Crippen LogP contribution in [0.3, 0.4) is 0 Å². The Morgan fingerprint density at radius 1 is 1.25 bits per heavy atom. The molecule has 1 amide bonds. The largest absolute Gasteiger partial charge is 0.374 e. The van der Waals surface area contributed by atoms with E-state index < -0.39 is 0 Å². The van der Waals surface area contributed by atoms with Crippen molar-refractivity contribution in [3.63, 3.8) is 0 Å². The summed E-state index contributed by atoms with van der Waals surface area (Å²) in [7, 11) is 1.65. The summed E-state index contributed by atoms with van der Waals surface area (Å²) in [4.78, 5) is 19.1. The van der Waals surface area contributed by atoms with Gasteiger partial charge in [0.1, 0.15) is 16.8 Å². The van der Waals surface area contributed by atoms with Crippen LogP contribution in [0.2, 0.25) is 0 Å². The molecular formula is C18H18N2O2S2. The molecular weight excluding hydrogens is 340 g/mol. The SMILES string of the molecule is COC(CNC(=O)c1csc(-c2ccccc2)n1)c1ccc(C)s1. The molecule has 1 atom stereocenters. The normalized spacial score (nSPS) is 12.1. The topological polar surface area (TPSA) is 51.2 Å². The number of benzene rings is 1. The molecule has 0 bridgehead atoms. The van der Waals surface area contributed by atoms with E-state index in [0.29, 0.717) is 12.2 Å². The Labute approximate surface area is 149 Å². The fourth-order valence-corrected chi connectivity index (χ4v) is 4.06. The second-order valence-electron chi connectivity index (χ2n) is 5.29. The van der Waals surface area contributed by atoms with Gasteiger partial charge in [0.2, 0.25) is 0 Å². The Hall–Kier alpha value is -2.02. The first-order valence-electron chi connectivity index (χ1n) is 7.55. The molecule has 0 spiro atoms. The molecule has 0 aliphatic rings. The van der Waals surface area contributed by atoms with Gasteiger partial charge in [-0.25, -0.2) is 4.98 Å². The highest BCUT2D eigenvalue weighted by atomic mass is 32.1. The number of amides is 1. The number of thiazole rings is 1. The Morgan fingerprint density at radius 2 is 2.04 bits per heavy atom. The summed E-state index contributed by atoms with van der Waals surface area (Å²) in [6.45, 7) is 2.48. The maximum absolute atomic E-state index is 12.3. The summed E-state index contributed by atoms with van der Waals surface area (Å²) in [6.07, 6.45) is -0.139. The lowest BCUT2D eigenvalue weighted by Crippen LogP contribution is -2.29. The fraction of sp³-hybridized carbons (Fsp3) is 0.222. The molecule has 4 nitrogen and oxygen atoms in total. The van der Waals surface area contributed by atoms with Gasteiger partial charge in [0, 0.05) is 34.4 Å². The summed E-state index contributed by atoms with van der Waals surface area (Å²) in [5.74, 6) is -0.177. The maximum Gasteiger partial charge on any atom is 0.270 e. The molecule has 124 valence electrons. The van der Waals surface area contributed by atoms with Crippen molar-refractivity contribution in [2.24, 2.45) is 0 Å². The number of hydrogen-bond donors (Lipinski definition) is 1. The predicted octanol–water partition coefficient (Wildman–Crippen LogP) is 4.30. The number of aromatic nitrogens is 1. The second-order valence-corrected chi connectivity index (χ2v) is 7.46. The lowest BCUT2D eigenvalue weighted by molar-refractivity contribution is 0.0834. The third-order valence-corrected chi connectivity index (χ3v) is 5.55. The molecule has 0 aliphatic heterocycles. The summed E-state index contributed by atoms with van der Waals surface area (Å²) in [6, 6.07) is 13.9. The first kappa shape index (κ1) is 16.8. The van der Waals surface area contributed by atoms with E-state index in [4.69, 9.17) is 4.74 Å². The summed E-state index contributed by atoms with van der Waals surface area (Å²) in [5.41, 5.74) is 1.46. The molecule has 2 aromatic heterocycles. The van der Waals surface area contributed by atoms with Crippen molar-refractivity contribution in [1.29, 1.82) is 0 Å². The zero-order valence-electron chi connectivity index (χ0n) is 13.5. The zero-order chi connectivity index (χ0) is 16.9. The molecule has 0 radical (unpaired) electrons. The molecule has 1 unspecified atom stereocenters. The van der Waals surface area contributed by atoms with Crippen molar-refractivity contribution in [1.82, 2.24) is 10.3 Å². The summed E-state index contributed by atoms with van der Waals surface area (Å²) >= 11 is 3.15. The Bertz CT molecular complexity index is 811. The van der Waals surface area contributed by atoms with Gasteiger partial charge in [0.25, 0.3) is 5.91 Å². The van der Waals surface area contributed by atoms with Crippen LogP contribution in [0.5, 0.6) is 0 Å². The second kappa shape index (κ2) is 7.70. The van der Waals surface area contributed by atoms with Gasteiger partial charge in [0.15, 0.2) is 0 Å². The highest BCUT2D eigenvalue weighted by Crippen LogP contribution is 2.25. The number of carbonyl (C=O) groups excluding carboxylic acids is 1. The van der Waals surface area contributed by atoms with E-state index in [2.05, 4.69) is 23.3 Å². The van der Waals surface area contributed by atoms with Crippen molar-refractivity contribution in [2.75, 3.05) is 13.7 Å². The number of ether oxygens (including phenoxy) is 1. The monoisotopic (exact) mass is 358 g/mol. The standard InChI is InChI=1S/C18H18N2O2S2/c1-12-8-9-16(24-12)15(22-2)10-19-17(21)14-11-23-18(20-14)13-6-4-3-5-7-13/h3-9,11,15H,10H2,1-2H3,(H,19,21). The first-order valence-corrected chi connectivity index (χ1v) is 9.25. The number of thiophene rings is 1. The van der Waals surface area contributed by atoms with Gasteiger partial charge >= 0.3 is 0 Å². The summed E-state index contributed by atoms with van der Waals surface area (Å²) < 4.78 is 5.49. The number of carbonyl (C=O) groups is 1. The molecule has 3 rings (SSSR count). The highest BCUT2D eigenvalue weighted by Gasteiger charge is 2.16. The Morgan fingerprint density at radius 3 is 2.71 bits per heavy atom. The van der Waals surface area contributed by atoms with Crippen molar-refractivity contribution < 1.29 is 9.53 Å². The third kappa shape index (κ3) is 3.90. The van der Waals surface area contributed by atoms with Gasteiger partial charge in [0.05, 0.1) is 0 Å². The van der Waals surface area contributed by atoms with Crippen LogP contribution in [0.4, 0.5) is 0 Å². The highest BCUT2D eigenvalue weighted by molar-refractivity contribution is 7.13. The van der Waals surface area contributed by atoms with Crippen LogP contribution in [0.25, 0.3) is 10.6 Å². The van der Waals surface area contributed by atoms with Crippen molar-refractivity contribution in [3.8, 4) is 10.6 Å². The molecule has 24 heavy (non-hydrogen) atoms. The Kier molecular flexibility index (Phi) is 5.40. The van der Waals surface area contributed by atoms with Crippen molar-refractivity contribution in [3.05, 3.63) is 63.3 Å². The molecule has 0 saturated carbocycles. The van der Waals surface area contributed by atoms with E-state index in [1.54, 1.807) is 23.8 Å². The van der Waals surface area contributed by atoms with Crippen LogP contribution in [0.1, 0.15) is 26.3 Å². The fourth-order valence-electron chi connectivity index (χ4n) is 2.29. The van der Waals surface area contributed by atoms with Crippen LogP contribution in [-0.2, 0) is 4.74 Å². The average molecular weight is 358 g/mol. The molecule has 3 aromatic rings. The van der Waals surface area contributed by atoms with Crippen LogP contribution in [0.15, 0.2) is 47.8 Å². The maximum atomic E-state index is 12.3. The molecule has 0 saturated heterocycles. The van der Waals surface area contributed by atoms with E-state index in [-0.39, 0.29) is 12.0 Å². The first-order chi connectivity index (χ1) is 11.7. The number of nitrogens with one attached hydrogen (secondary N) is 1. The smallest absolute Gasteiger partial charge is 0.270 e. The molecule has 1 aromatic carbocycles. The number of rotatable bonds is 6. The zero-order valence-corrected chi connectivity index (χ0v) is 15.1. The van der Waals surface area contributed by atoms with Crippen LogP contribution >= 0.6 is 22.7 Å². The van der Waals surface area contributed by atoms with Gasteiger partial charge in [-0.15, -0.1) is 22.7 Å². The molecule has 6 heteroatoms. The molecule has 0 aliphatic carbocycles. The van der Waals surface area contributed by atoms with E-state index >= 15 is 0 Å². The van der Waals surface area contributed by atoms with Gasteiger partial charge in [-0.05, 0) is 19.1 Å². The van der Waals surface area contributed by atoms with Gasteiger partial charge < -0.3 is 10.1 Å². The van der Waals surface area contributed by atoms with Gasteiger partial charge in [-0.2, -0.15) is 0 Å².